The van der Waals surface area contributed by atoms with Crippen molar-refractivity contribution in [3.8, 4) is 0 Å². The van der Waals surface area contributed by atoms with Gasteiger partial charge >= 0.3 is 0 Å². The van der Waals surface area contributed by atoms with Crippen LogP contribution in [0.3, 0.4) is 0 Å². The third-order valence-electron chi connectivity index (χ3n) is 4.63. The monoisotopic (exact) mass is 332 g/mol. The van der Waals surface area contributed by atoms with Gasteiger partial charge in [-0.1, -0.05) is 29.8 Å². The van der Waals surface area contributed by atoms with Crippen molar-refractivity contribution >= 4 is 11.8 Å². The maximum Gasteiger partial charge on any atom is 0.245 e. The Morgan fingerprint density at radius 3 is 2.71 bits per heavy atom. The number of nitrogens with zero attached hydrogens (tertiary/aromatic N) is 1. The van der Waals surface area contributed by atoms with E-state index in [1.807, 2.05) is 45.0 Å². The van der Waals surface area contributed by atoms with Crippen molar-refractivity contribution in [1.82, 2.24) is 10.2 Å². The molecular weight excluding hydrogens is 304 g/mol. The summed E-state index contributed by atoms with van der Waals surface area (Å²) in [5, 5.41) is 2.96. The summed E-state index contributed by atoms with van der Waals surface area (Å²) in [6.07, 6.45) is 1.77. The largest absolute Gasteiger partial charge is 0.382 e. The molecule has 2 amide bonds. The number of hydrogen-bond acceptors (Lipinski definition) is 3. The van der Waals surface area contributed by atoms with Crippen molar-refractivity contribution in [3.63, 3.8) is 0 Å². The van der Waals surface area contributed by atoms with E-state index in [-0.39, 0.29) is 11.8 Å². The number of carbonyl (C=O) groups is 2. The first kappa shape index (κ1) is 18.5. The smallest absolute Gasteiger partial charge is 0.245 e. The summed E-state index contributed by atoms with van der Waals surface area (Å²) in [4.78, 5) is 26.7. The van der Waals surface area contributed by atoms with E-state index >= 15 is 0 Å². The van der Waals surface area contributed by atoms with Crippen LogP contribution in [0.4, 0.5) is 0 Å². The standard InChI is InChI=1S/C19H28N2O3/c1-4-24-13-5-12-20-18(23)19(3)11-10-17(22)21(19)14-16-8-6-15(2)7-9-16/h6-9H,4-5,10-14H2,1-3H3,(H,20,23)/t19-/m0/s1. The Morgan fingerprint density at radius 2 is 2.04 bits per heavy atom. The normalized spacial score (nSPS) is 20.5. The van der Waals surface area contributed by atoms with Gasteiger partial charge in [0.15, 0.2) is 0 Å². The molecule has 0 saturated carbocycles. The lowest BCUT2D eigenvalue weighted by Crippen LogP contribution is -2.54. The summed E-state index contributed by atoms with van der Waals surface area (Å²) in [6, 6.07) is 8.09. The molecule has 24 heavy (non-hydrogen) atoms. The third kappa shape index (κ3) is 4.35. The molecule has 5 heteroatoms. The first-order valence-electron chi connectivity index (χ1n) is 8.69. The Balaban J connectivity index is 1.98. The van der Waals surface area contributed by atoms with Crippen LogP contribution in [0.2, 0.25) is 0 Å². The van der Waals surface area contributed by atoms with Crippen molar-refractivity contribution in [3.05, 3.63) is 35.4 Å². The van der Waals surface area contributed by atoms with Crippen LogP contribution < -0.4 is 5.32 Å². The fourth-order valence-corrected chi connectivity index (χ4v) is 2.98. The average molecular weight is 332 g/mol. The molecule has 2 rings (SSSR count). The minimum Gasteiger partial charge on any atom is -0.382 e. The van der Waals surface area contributed by atoms with Gasteiger partial charge < -0.3 is 15.0 Å². The highest BCUT2D eigenvalue weighted by atomic mass is 16.5. The summed E-state index contributed by atoms with van der Waals surface area (Å²) in [6.45, 7) is 8.22. The van der Waals surface area contributed by atoms with E-state index in [0.29, 0.717) is 39.1 Å². The quantitative estimate of drug-likeness (QED) is 0.744. The summed E-state index contributed by atoms with van der Waals surface area (Å²) in [5.41, 5.74) is 1.46. The van der Waals surface area contributed by atoms with Crippen LogP contribution in [0.25, 0.3) is 0 Å². The molecular formula is C19H28N2O3. The Hall–Kier alpha value is -1.88. The second-order valence-corrected chi connectivity index (χ2v) is 6.55. The van der Waals surface area contributed by atoms with Crippen LogP contribution in [0.15, 0.2) is 24.3 Å². The van der Waals surface area contributed by atoms with Crippen molar-refractivity contribution in [2.24, 2.45) is 0 Å². The summed E-state index contributed by atoms with van der Waals surface area (Å²) in [5.74, 6) is -0.0282. The summed E-state index contributed by atoms with van der Waals surface area (Å²) >= 11 is 0. The second kappa shape index (κ2) is 8.29. The van der Waals surface area contributed by atoms with E-state index < -0.39 is 5.54 Å². The number of benzene rings is 1. The van der Waals surface area contributed by atoms with Crippen LogP contribution in [0, 0.1) is 6.92 Å². The highest BCUT2D eigenvalue weighted by molar-refractivity contribution is 5.94. The SMILES string of the molecule is CCOCCCNC(=O)[C@]1(C)CCC(=O)N1Cc1ccc(C)cc1. The molecule has 0 aliphatic carbocycles. The lowest BCUT2D eigenvalue weighted by molar-refractivity contribution is -0.141. The van der Waals surface area contributed by atoms with Crippen molar-refractivity contribution in [2.75, 3.05) is 19.8 Å². The molecule has 1 heterocycles. The molecule has 1 aromatic carbocycles. The molecule has 0 spiro atoms. The Morgan fingerprint density at radius 1 is 1.33 bits per heavy atom. The number of amides is 2. The van der Waals surface area contributed by atoms with Gasteiger partial charge in [0.25, 0.3) is 0 Å². The Kier molecular flexibility index (Phi) is 6.37. The molecule has 0 aromatic heterocycles. The number of aryl methyl sites for hydroxylation is 1. The minimum absolute atomic E-state index is 0.0440. The fourth-order valence-electron chi connectivity index (χ4n) is 2.98. The highest BCUT2D eigenvalue weighted by Crippen LogP contribution is 2.32. The Bertz CT molecular complexity index is 570. The maximum absolute atomic E-state index is 12.7. The molecule has 0 radical (unpaired) electrons. The maximum atomic E-state index is 12.7. The molecule has 0 bridgehead atoms. The summed E-state index contributed by atoms with van der Waals surface area (Å²) in [7, 11) is 0. The predicted molar refractivity (Wildman–Crippen MR) is 93.5 cm³/mol. The van der Waals surface area contributed by atoms with Gasteiger partial charge in [-0.3, -0.25) is 9.59 Å². The first-order chi connectivity index (χ1) is 11.5. The van der Waals surface area contributed by atoms with E-state index in [2.05, 4.69) is 5.32 Å². The molecule has 5 nitrogen and oxygen atoms in total. The van der Waals surface area contributed by atoms with Crippen LogP contribution >= 0.6 is 0 Å². The van der Waals surface area contributed by atoms with E-state index in [0.717, 1.165) is 12.0 Å². The lowest BCUT2D eigenvalue weighted by Gasteiger charge is -2.34. The summed E-state index contributed by atoms with van der Waals surface area (Å²) < 4.78 is 5.28. The number of likely N-dealkylation sites (tertiary alicyclic amines) is 1. The number of ether oxygens (including phenoxy) is 1. The molecule has 132 valence electrons. The van der Waals surface area contributed by atoms with Crippen molar-refractivity contribution < 1.29 is 14.3 Å². The Labute approximate surface area is 144 Å². The van der Waals surface area contributed by atoms with Crippen molar-refractivity contribution in [2.45, 2.75) is 52.1 Å². The van der Waals surface area contributed by atoms with Crippen LogP contribution in [0.5, 0.6) is 0 Å². The average Bonchev–Trinajstić information content (AvgIpc) is 2.86. The molecule has 1 aliphatic rings. The molecule has 0 unspecified atom stereocenters. The van der Waals surface area contributed by atoms with E-state index in [1.165, 1.54) is 5.56 Å². The molecule has 1 N–H and O–H groups in total. The molecule has 1 aromatic rings. The number of hydrogen-bond donors (Lipinski definition) is 1. The lowest BCUT2D eigenvalue weighted by atomic mass is 9.97. The van der Waals surface area contributed by atoms with Crippen molar-refractivity contribution in [1.29, 1.82) is 0 Å². The molecule has 1 aliphatic heterocycles. The fraction of sp³-hybridized carbons (Fsp3) is 0.579. The van der Waals surface area contributed by atoms with E-state index in [1.54, 1.807) is 4.90 Å². The zero-order valence-corrected chi connectivity index (χ0v) is 14.9. The highest BCUT2D eigenvalue weighted by Gasteiger charge is 2.46. The van der Waals surface area contributed by atoms with Gasteiger partial charge in [0.1, 0.15) is 5.54 Å². The van der Waals surface area contributed by atoms with E-state index in [4.69, 9.17) is 4.74 Å². The van der Waals surface area contributed by atoms with Crippen LogP contribution in [-0.4, -0.2) is 42.0 Å². The number of rotatable bonds is 8. The topological polar surface area (TPSA) is 58.6 Å². The van der Waals surface area contributed by atoms with Gasteiger partial charge in [0, 0.05) is 32.7 Å². The zero-order valence-electron chi connectivity index (χ0n) is 14.9. The molecule has 1 saturated heterocycles. The second-order valence-electron chi connectivity index (χ2n) is 6.55. The van der Waals surface area contributed by atoms with Gasteiger partial charge in [-0.25, -0.2) is 0 Å². The van der Waals surface area contributed by atoms with Crippen LogP contribution in [-0.2, 0) is 20.9 Å². The van der Waals surface area contributed by atoms with Gasteiger partial charge in [-0.2, -0.15) is 0 Å². The molecule has 1 fully saturated rings. The first-order valence-corrected chi connectivity index (χ1v) is 8.69. The third-order valence-corrected chi connectivity index (χ3v) is 4.63. The molecule has 1 atom stereocenters. The van der Waals surface area contributed by atoms with Gasteiger partial charge in [-0.15, -0.1) is 0 Å². The van der Waals surface area contributed by atoms with Gasteiger partial charge in [0.05, 0.1) is 0 Å². The van der Waals surface area contributed by atoms with Crippen LogP contribution in [0.1, 0.15) is 44.2 Å². The predicted octanol–water partition coefficient (Wildman–Crippen LogP) is 2.42. The van der Waals surface area contributed by atoms with E-state index in [9.17, 15) is 9.59 Å². The minimum atomic E-state index is -0.770. The number of nitrogens with one attached hydrogen (secondary N) is 1. The van der Waals surface area contributed by atoms with Gasteiger partial charge in [0.2, 0.25) is 11.8 Å². The zero-order chi connectivity index (χ0) is 17.6. The number of carbonyl (C=O) groups excluding carboxylic acids is 2. The van der Waals surface area contributed by atoms with Gasteiger partial charge in [-0.05, 0) is 39.2 Å².